The molecule has 0 spiro atoms. The summed E-state index contributed by atoms with van der Waals surface area (Å²) in [4.78, 5) is 9.09. The number of rotatable bonds is 3. The number of benzene rings is 4. The van der Waals surface area contributed by atoms with Crippen molar-refractivity contribution in [3.05, 3.63) is 121 Å². The van der Waals surface area contributed by atoms with E-state index < -0.39 is 0 Å². The lowest BCUT2D eigenvalue weighted by Gasteiger charge is -2.33. The summed E-state index contributed by atoms with van der Waals surface area (Å²) in [6.07, 6.45) is 3.43. The smallest absolute Gasteiger partial charge is 0.0999 e. The highest BCUT2D eigenvalue weighted by Gasteiger charge is 2.24. The average Bonchev–Trinajstić information content (AvgIpc) is 2.91. The van der Waals surface area contributed by atoms with E-state index in [0.29, 0.717) is 5.56 Å². The lowest BCUT2D eigenvalue weighted by atomic mass is 9.93. The van der Waals surface area contributed by atoms with E-state index in [1.807, 2.05) is 12.1 Å². The molecule has 5 aromatic rings. The minimum Gasteiger partial charge on any atom is -0.308 e. The van der Waals surface area contributed by atoms with Crippen molar-refractivity contribution in [2.45, 2.75) is 9.79 Å². The van der Waals surface area contributed by atoms with Gasteiger partial charge in [-0.25, -0.2) is 0 Å². The number of nitrogens with zero attached hydrogens (tertiary/aromatic N) is 3. The van der Waals surface area contributed by atoms with Crippen LogP contribution in [0.4, 0.5) is 17.1 Å². The van der Waals surface area contributed by atoms with Crippen LogP contribution in [-0.2, 0) is 0 Å². The third-order valence-corrected chi connectivity index (χ3v) is 7.14. The van der Waals surface area contributed by atoms with Gasteiger partial charge in [0.15, 0.2) is 0 Å². The van der Waals surface area contributed by atoms with Gasteiger partial charge in [0.1, 0.15) is 0 Å². The Kier molecular flexibility index (Phi) is 5.10. The summed E-state index contributed by atoms with van der Waals surface area (Å²) >= 11 is 1.81. The third-order valence-electron chi connectivity index (χ3n) is 6.01. The van der Waals surface area contributed by atoms with Gasteiger partial charge < -0.3 is 4.90 Å². The van der Waals surface area contributed by atoms with Gasteiger partial charge in [-0.3, -0.25) is 4.98 Å². The lowest BCUT2D eigenvalue weighted by molar-refractivity contribution is 1.17. The molecule has 0 bridgehead atoms. The number of fused-ring (bicyclic) bond motifs is 2. The number of hydrogen-bond donors (Lipinski definition) is 0. The summed E-state index contributed by atoms with van der Waals surface area (Å²) < 4.78 is 0. The molecule has 0 fully saturated rings. The van der Waals surface area contributed by atoms with Crippen molar-refractivity contribution in [3.63, 3.8) is 0 Å². The molecule has 0 atom stereocenters. The molecular weight excluding hydrogens is 434 g/mol. The van der Waals surface area contributed by atoms with Crippen molar-refractivity contribution in [1.29, 1.82) is 5.26 Å². The second-order valence-corrected chi connectivity index (χ2v) is 9.09. The quantitative estimate of drug-likeness (QED) is 0.271. The van der Waals surface area contributed by atoms with E-state index in [4.69, 9.17) is 0 Å². The Labute approximate surface area is 203 Å². The highest BCUT2D eigenvalue weighted by Crippen LogP contribution is 2.51. The molecule has 0 saturated carbocycles. The second-order valence-electron chi connectivity index (χ2n) is 8.00. The summed E-state index contributed by atoms with van der Waals surface area (Å²) in [5.41, 5.74) is 8.08. The van der Waals surface area contributed by atoms with Crippen molar-refractivity contribution in [1.82, 2.24) is 4.98 Å². The van der Waals surface area contributed by atoms with E-state index in [-0.39, 0.29) is 0 Å². The van der Waals surface area contributed by atoms with E-state index >= 15 is 0 Å². The molecule has 0 saturated heterocycles. The lowest BCUT2D eigenvalue weighted by Crippen LogP contribution is -2.14. The maximum Gasteiger partial charge on any atom is 0.0999 e. The van der Waals surface area contributed by atoms with Crippen molar-refractivity contribution >= 4 is 28.8 Å². The fourth-order valence-electron chi connectivity index (χ4n) is 4.47. The summed E-state index contributed by atoms with van der Waals surface area (Å²) in [7, 11) is 0. The first kappa shape index (κ1) is 20.3. The fraction of sp³-hybridized carbons (Fsp3) is 0. The van der Waals surface area contributed by atoms with Gasteiger partial charge in [-0.15, -0.1) is 0 Å². The molecule has 3 nitrogen and oxygen atoms in total. The molecule has 0 N–H and O–H groups in total. The molecule has 0 radical (unpaired) electrons. The van der Waals surface area contributed by atoms with E-state index in [9.17, 15) is 5.26 Å². The van der Waals surface area contributed by atoms with Crippen molar-refractivity contribution in [2.24, 2.45) is 0 Å². The number of hydrogen-bond acceptors (Lipinski definition) is 4. The standard InChI is InChI=1S/C30H19N3S/c31-19-22-16-17-32-20-26(22)25-11-2-1-10-24(25)21-8-7-9-23(18-21)33-27-12-3-5-14-29(27)34-30-15-6-4-13-28(30)33/h1-18,20H. The molecule has 6 rings (SSSR count). The van der Waals surface area contributed by atoms with Gasteiger partial charge in [0, 0.05) is 33.4 Å². The Morgan fingerprint density at radius 3 is 2.09 bits per heavy atom. The first-order valence-electron chi connectivity index (χ1n) is 11.0. The van der Waals surface area contributed by atoms with Crippen LogP contribution in [0.5, 0.6) is 0 Å². The van der Waals surface area contributed by atoms with Crippen LogP contribution < -0.4 is 4.90 Å². The molecule has 160 valence electrons. The Morgan fingerprint density at radius 2 is 1.35 bits per heavy atom. The minimum atomic E-state index is 0.620. The van der Waals surface area contributed by atoms with Gasteiger partial charge in [-0.05, 0) is 59.2 Å². The predicted octanol–water partition coefficient (Wildman–Crippen LogP) is 8.22. The number of para-hydroxylation sites is 2. The maximum absolute atomic E-state index is 9.66. The Balaban J connectivity index is 1.52. The summed E-state index contributed by atoms with van der Waals surface area (Å²) in [6.45, 7) is 0. The highest BCUT2D eigenvalue weighted by molar-refractivity contribution is 7.99. The maximum atomic E-state index is 9.66. The summed E-state index contributed by atoms with van der Waals surface area (Å²) in [5.74, 6) is 0. The highest BCUT2D eigenvalue weighted by atomic mass is 32.2. The van der Waals surface area contributed by atoms with Gasteiger partial charge >= 0.3 is 0 Å². The predicted molar refractivity (Wildman–Crippen MR) is 139 cm³/mol. The van der Waals surface area contributed by atoms with Crippen LogP contribution in [-0.4, -0.2) is 4.98 Å². The monoisotopic (exact) mass is 453 g/mol. The Morgan fingerprint density at radius 1 is 0.676 bits per heavy atom. The zero-order valence-corrected chi connectivity index (χ0v) is 19.0. The van der Waals surface area contributed by atoms with Crippen LogP contribution in [0.3, 0.4) is 0 Å². The summed E-state index contributed by atoms with van der Waals surface area (Å²) in [5, 5.41) is 9.66. The van der Waals surface area contributed by atoms with Gasteiger partial charge in [0.05, 0.1) is 23.0 Å². The normalized spacial score (nSPS) is 11.9. The molecule has 4 aromatic carbocycles. The molecule has 0 amide bonds. The van der Waals surface area contributed by atoms with Crippen LogP contribution in [0, 0.1) is 11.3 Å². The molecule has 1 aliphatic rings. The molecule has 1 aromatic heterocycles. The number of aromatic nitrogens is 1. The van der Waals surface area contributed by atoms with Crippen molar-refractivity contribution < 1.29 is 0 Å². The van der Waals surface area contributed by atoms with Crippen LogP contribution >= 0.6 is 11.8 Å². The van der Waals surface area contributed by atoms with Crippen molar-refractivity contribution in [2.75, 3.05) is 4.90 Å². The third kappa shape index (κ3) is 3.44. The van der Waals surface area contributed by atoms with E-state index in [1.165, 1.54) is 21.2 Å². The fourth-order valence-corrected chi connectivity index (χ4v) is 5.53. The van der Waals surface area contributed by atoms with Crippen LogP contribution in [0.25, 0.3) is 22.3 Å². The second kappa shape index (κ2) is 8.55. The Hall–Kier alpha value is -4.33. The number of pyridine rings is 1. The molecule has 2 heterocycles. The van der Waals surface area contributed by atoms with Gasteiger partial charge in [-0.2, -0.15) is 5.26 Å². The van der Waals surface area contributed by atoms with E-state index in [1.54, 1.807) is 30.2 Å². The van der Waals surface area contributed by atoms with Crippen LogP contribution in [0.2, 0.25) is 0 Å². The van der Waals surface area contributed by atoms with Gasteiger partial charge in [0.25, 0.3) is 0 Å². The largest absolute Gasteiger partial charge is 0.308 e. The first-order chi connectivity index (χ1) is 16.8. The van der Waals surface area contributed by atoms with Crippen LogP contribution in [0.1, 0.15) is 5.56 Å². The Bertz CT molecular complexity index is 1520. The van der Waals surface area contributed by atoms with Gasteiger partial charge in [-0.1, -0.05) is 72.4 Å². The molecule has 0 aliphatic carbocycles. The molecule has 0 unspecified atom stereocenters. The SMILES string of the molecule is N#Cc1ccncc1-c1ccccc1-c1cccc(N2c3ccccc3Sc3ccccc32)c1. The van der Waals surface area contributed by atoms with E-state index in [0.717, 1.165) is 27.9 Å². The molecular formula is C30H19N3S. The molecule has 1 aliphatic heterocycles. The number of anilines is 3. The summed E-state index contributed by atoms with van der Waals surface area (Å²) in [6, 6.07) is 37.9. The van der Waals surface area contributed by atoms with E-state index in [2.05, 4.69) is 101 Å². The zero-order valence-electron chi connectivity index (χ0n) is 18.2. The van der Waals surface area contributed by atoms with Crippen molar-refractivity contribution in [3.8, 4) is 28.3 Å². The zero-order chi connectivity index (χ0) is 22.9. The average molecular weight is 454 g/mol. The molecule has 4 heteroatoms. The minimum absolute atomic E-state index is 0.620. The van der Waals surface area contributed by atoms with Gasteiger partial charge in [0.2, 0.25) is 0 Å². The van der Waals surface area contributed by atoms with Crippen LogP contribution in [0.15, 0.2) is 125 Å². The molecule has 34 heavy (non-hydrogen) atoms. The topological polar surface area (TPSA) is 39.9 Å². The number of nitriles is 1. The first-order valence-corrected chi connectivity index (χ1v) is 11.8.